The quantitative estimate of drug-likeness (QED) is 0.377. The van der Waals surface area contributed by atoms with Crippen molar-refractivity contribution in [3.63, 3.8) is 0 Å². The predicted octanol–water partition coefficient (Wildman–Crippen LogP) is -0.481. The number of benzene rings is 2. The summed E-state index contributed by atoms with van der Waals surface area (Å²) in [5, 5.41) is 49.5. The van der Waals surface area contributed by atoms with E-state index in [1.54, 1.807) is 24.3 Å². The molecule has 0 saturated carbocycles. The van der Waals surface area contributed by atoms with Crippen LogP contribution < -0.4 is 5.32 Å². The van der Waals surface area contributed by atoms with Gasteiger partial charge in [0.2, 0.25) is 0 Å². The van der Waals surface area contributed by atoms with E-state index >= 15 is 0 Å². The zero-order valence-corrected chi connectivity index (χ0v) is 14.1. The number of aliphatic hydroxyl groups is 5. The summed E-state index contributed by atoms with van der Waals surface area (Å²) < 4.78 is 0. The highest BCUT2D eigenvalue weighted by molar-refractivity contribution is 5.94. The minimum Gasteiger partial charge on any atom is -0.394 e. The molecule has 2 rings (SSSR count). The van der Waals surface area contributed by atoms with E-state index in [0.717, 1.165) is 11.1 Å². The molecule has 2 aromatic carbocycles. The SMILES string of the molecule is O=C(NC[C@H](O)[C@@H](O)[C@H](O)[C@H](O)CO)c1ccc(-c2ccccc2)cc1. The minimum absolute atomic E-state index is 0.324. The van der Waals surface area contributed by atoms with Crippen molar-refractivity contribution in [2.75, 3.05) is 13.2 Å². The third kappa shape index (κ3) is 5.10. The third-order valence-corrected chi connectivity index (χ3v) is 4.05. The minimum atomic E-state index is -1.72. The highest BCUT2D eigenvalue weighted by atomic mass is 16.4. The van der Waals surface area contributed by atoms with Crippen LogP contribution in [0.4, 0.5) is 0 Å². The molecular formula is C19H23NO6. The van der Waals surface area contributed by atoms with Gasteiger partial charge in [0.15, 0.2) is 0 Å². The number of carbonyl (C=O) groups excluding carboxylic acids is 1. The Kier molecular flexibility index (Phi) is 7.26. The molecule has 0 aromatic heterocycles. The molecule has 7 nitrogen and oxygen atoms in total. The number of amides is 1. The zero-order valence-electron chi connectivity index (χ0n) is 14.1. The molecule has 0 fully saturated rings. The lowest BCUT2D eigenvalue weighted by Crippen LogP contribution is -2.49. The van der Waals surface area contributed by atoms with Crippen LogP contribution in [0.25, 0.3) is 11.1 Å². The molecule has 6 N–H and O–H groups in total. The van der Waals surface area contributed by atoms with E-state index in [4.69, 9.17) is 5.11 Å². The van der Waals surface area contributed by atoms with Gasteiger partial charge < -0.3 is 30.8 Å². The van der Waals surface area contributed by atoms with Crippen molar-refractivity contribution >= 4 is 5.91 Å². The Hall–Kier alpha value is -2.29. The highest BCUT2D eigenvalue weighted by Gasteiger charge is 2.30. The van der Waals surface area contributed by atoms with Gasteiger partial charge in [-0.3, -0.25) is 4.79 Å². The summed E-state index contributed by atoms with van der Waals surface area (Å²) in [6.07, 6.45) is -6.52. The number of carbonyl (C=O) groups is 1. The van der Waals surface area contributed by atoms with Crippen LogP contribution in [0.1, 0.15) is 10.4 Å². The van der Waals surface area contributed by atoms with Gasteiger partial charge in [-0.25, -0.2) is 0 Å². The summed E-state index contributed by atoms with van der Waals surface area (Å²) in [5.41, 5.74) is 2.36. The lowest BCUT2D eigenvalue weighted by Gasteiger charge is -2.25. The largest absolute Gasteiger partial charge is 0.394 e. The molecule has 0 heterocycles. The van der Waals surface area contributed by atoms with E-state index in [1.165, 1.54) is 0 Å². The van der Waals surface area contributed by atoms with Crippen molar-refractivity contribution in [2.45, 2.75) is 24.4 Å². The van der Waals surface area contributed by atoms with Gasteiger partial charge in [0, 0.05) is 12.1 Å². The lowest BCUT2D eigenvalue weighted by atomic mass is 10.0. The maximum Gasteiger partial charge on any atom is 0.251 e. The average Bonchev–Trinajstić information content (AvgIpc) is 2.70. The van der Waals surface area contributed by atoms with Crippen molar-refractivity contribution in [3.05, 3.63) is 60.2 Å². The molecule has 0 bridgehead atoms. The first-order valence-electron chi connectivity index (χ1n) is 8.21. The van der Waals surface area contributed by atoms with Crippen molar-refractivity contribution in [1.82, 2.24) is 5.32 Å². The molecule has 4 atom stereocenters. The Morgan fingerprint density at radius 1 is 0.808 bits per heavy atom. The fraction of sp³-hybridized carbons (Fsp3) is 0.316. The molecule has 2 aromatic rings. The van der Waals surface area contributed by atoms with Crippen LogP contribution in [0.5, 0.6) is 0 Å². The molecule has 26 heavy (non-hydrogen) atoms. The highest BCUT2D eigenvalue weighted by Crippen LogP contribution is 2.19. The molecule has 0 spiro atoms. The average molecular weight is 361 g/mol. The smallest absolute Gasteiger partial charge is 0.251 e. The van der Waals surface area contributed by atoms with Crippen LogP contribution in [-0.2, 0) is 0 Å². The van der Waals surface area contributed by atoms with Crippen LogP contribution in [0.3, 0.4) is 0 Å². The number of rotatable bonds is 8. The Labute approximate surface area is 151 Å². The van der Waals surface area contributed by atoms with Crippen LogP contribution in [-0.4, -0.2) is 69.0 Å². The molecule has 1 amide bonds. The van der Waals surface area contributed by atoms with Crippen molar-refractivity contribution in [3.8, 4) is 11.1 Å². The van der Waals surface area contributed by atoms with Crippen molar-refractivity contribution in [2.24, 2.45) is 0 Å². The third-order valence-electron chi connectivity index (χ3n) is 4.05. The van der Waals surface area contributed by atoms with E-state index in [9.17, 15) is 25.2 Å². The first kappa shape index (κ1) is 20.0. The Balaban J connectivity index is 1.91. The standard InChI is InChI=1S/C19H23NO6/c21-11-16(23)18(25)17(24)15(22)10-20-19(26)14-8-6-13(7-9-14)12-4-2-1-3-5-12/h1-9,15-18,21-25H,10-11H2,(H,20,26)/t15-,16+,17+,18+/m0/s1. The van der Waals surface area contributed by atoms with Crippen molar-refractivity contribution in [1.29, 1.82) is 0 Å². The van der Waals surface area contributed by atoms with E-state index in [1.807, 2.05) is 30.3 Å². The van der Waals surface area contributed by atoms with Gasteiger partial charge in [0.1, 0.15) is 18.3 Å². The topological polar surface area (TPSA) is 130 Å². The molecule has 0 radical (unpaired) electrons. The van der Waals surface area contributed by atoms with Gasteiger partial charge in [-0.1, -0.05) is 42.5 Å². The number of nitrogens with one attached hydrogen (secondary N) is 1. The van der Waals surface area contributed by atoms with Crippen molar-refractivity contribution < 1.29 is 30.3 Å². The summed E-state index contributed by atoms with van der Waals surface area (Å²) in [6.45, 7) is -1.08. The molecule has 0 unspecified atom stereocenters. The summed E-state index contributed by atoms with van der Waals surface area (Å²) in [5.74, 6) is -0.451. The van der Waals surface area contributed by atoms with E-state index in [2.05, 4.69) is 5.32 Å². The maximum absolute atomic E-state index is 12.1. The number of aliphatic hydroxyl groups excluding tert-OH is 5. The lowest BCUT2D eigenvalue weighted by molar-refractivity contribution is -0.113. The zero-order chi connectivity index (χ0) is 19.1. The second kappa shape index (κ2) is 9.42. The first-order chi connectivity index (χ1) is 12.4. The number of hydrogen-bond donors (Lipinski definition) is 6. The summed E-state index contributed by atoms with van der Waals surface area (Å²) in [7, 11) is 0. The second-order valence-corrected chi connectivity index (χ2v) is 5.95. The van der Waals surface area contributed by atoms with Gasteiger partial charge in [-0.05, 0) is 23.3 Å². The molecule has 140 valence electrons. The summed E-state index contributed by atoms with van der Waals surface area (Å²) in [6, 6.07) is 16.6. The summed E-state index contributed by atoms with van der Waals surface area (Å²) in [4.78, 5) is 12.1. The van der Waals surface area contributed by atoms with E-state index < -0.39 is 36.9 Å². The second-order valence-electron chi connectivity index (χ2n) is 5.95. The molecular weight excluding hydrogens is 338 g/mol. The van der Waals surface area contributed by atoms with Crippen LogP contribution in [0, 0.1) is 0 Å². The van der Waals surface area contributed by atoms with Gasteiger partial charge in [0.05, 0.1) is 12.7 Å². The van der Waals surface area contributed by atoms with E-state index in [0.29, 0.717) is 5.56 Å². The Bertz CT molecular complexity index is 691. The maximum atomic E-state index is 12.1. The van der Waals surface area contributed by atoms with Gasteiger partial charge in [-0.2, -0.15) is 0 Å². The monoisotopic (exact) mass is 361 g/mol. The fourth-order valence-corrected chi connectivity index (χ4v) is 2.43. The molecule has 0 saturated heterocycles. The molecule has 0 aliphatic carbocycles. The number of hydrogen-bond acceptors (Lipinski definition) is 6. The summed E-state index contributed by atoms with van der Waals surface area (Å²) >= 11 is 0. The molecule has 7 heteroatoms. The first-order valence-corrected chi connectivity index (χ1v) is 8.21. The predicted molar refractivity (Wildman–Crippen MR) is 95.3 cm³/mol. The van der Waals surface area contributed by atoms with Crippen LogP contribution >= 0.6 is 0 Å². The van der Waals surface area contributed by atoms with Gasteiger partial charge >= 0.3 is 0 Å². The normalized spacial score (nSPS) is 15.7. The van der Waals surface area contributed by atoms with Crippen LogP contribution in [0.2, 0.25) is 0 Å². The van der Waals surface area contributed by atoms with Gasteiger partial charge in [0.25, 0.3) is 5.91 Å². The van der Waals surface area contributed by atoms with Gasteiger partial charge in [-0.15, -0.1) is 0 Å². The Morgan fingerprint density at radius 2 is 1.35 bits per heavy atom. The fourth-order valence-electron chi connectivity index (χ4n) is 2.43. The van der Waals surface area contributed by atoms with E-state index in [-0.39, 0.29) is 6.54 Å². The molecule has 0 aliphatic heterocycles. The molecule has 0 aliphatic rings. The van der Waals surface area contributed by atoms with Crippen LogP contribution in [0.15, 0.2) is 54.6 Å². The Morgan fingerprint density at radius 3 is 1.92 bits per heavy atom.